The van der Waals surface area contributed by atoms with Crippen LogP contribution >= 0.6 is 11.3 Å². The SMILES string of the molecule is COC(=O)c1csc(CCC(C)(C)N)c1. The first-order valence-corrected chi connectivity index (χ1v) is 5.75. The Balaban J connectivity index is 2.57. The molecule has 0 bridgehead atoms. The molecule has 0 aromatic carbocycles. The van der Waals surface area contributed by atoms with E-state index in [1.54, 1.807) is 11.3 Å². The van der Waals surface area contributed by atoms with Crippen LogP contribution < -0.4 is 5.73 Å². The summed E-state index contributed by atoms with van der Waals surface area (Å²) < 4.78 is 4.64. The molecule has 0 aliphatic carbocycles. The number of hydrogen-bond acceptors (Lipinski definition) is 4. The minimum Gasteiger partial charge on any atom is -0.465 e. The lowest BCUT2D eigenvalue weighted by Gasteiger charge is -2.17. The van der Waals surface area contributed by atoms with Crippen molar-refractivity contribution < 1.29 is 9.53 Å². The molecule has 84 valence electrons. The minimum absolute atomic E-state index is 0.157. The Bertz CT molecular complexity index is 339. The van der Waals surface area contributed by atoms with Crippen LogP contribution in [-0.2, 0) is 11.2 Å². The van der Waals surface area contributed by atoms with Crippen molar-refractivity contribution in [3.8, 4) is 0 Å². The summed E-state index contributed by atoms with van der Waals surface area (Å²) in [6, 6.07) is 1.88. The van der Waals surface area contributed by atoms with Gasteiger partial charge in [-0.15, -0.1) is 11.3 Å². The zero-order valence-electron chi connectivity index (χ0n) is 9.37. The number of carbonyl (C=O) groups excluding carboxylic acids is 1. The quantitative estimate of drug-likeness (QED) is 0.802. The lowest BCUT2D eigenvalue weighted by molar-refractivity contribution is 0.0601. The lowest BCUT2D eigenvalue weighted by atomic mass is 9.99. The third-order valence-corrected chi connectivity index (χ3v) is 3.09. The van der Waals surface area contributed by atoms with Gasteiger partial charge in [0.1, 0.15) is 0 Å². The van der Waals surface area contributed by atoms with Crippen LogP contribution in [0.25, 0.3) is 0 Å². The van der Waals surface area contributed by atoms with Gasteiger partial charge in [0.05, 0.1) is 12.7 Å². The molecule has 0 saturated heterocycles. The molecular weight excluding hydrogens is 210 g/mol. The van der Waals surface area contributed by atoms with Gasteiger partial charge in [0.15, 0.2) is 0 Å². The zero-order chi connectivity index (χ0) is 11.5. The van der Waals surface area contributed by atoms with Crippen LogP contribution in [0.15, 0.2) is 11.4 Å². The van der Waals surface area contributed by atoms with Gasteiger partial charge in [-0.25, -0.2) is 4.79 Å². The maximum Gasteiger partial charge on any atom is 0.338 e. The maximum absolute atomic E-state index is 11.2. The molecule has 0 saturated carbocycles. The molecule has 4 heteroatoms. The van der Waals surface area contributed by atoms with E-state index in [0.29, 0.717) is 5.56 Å². The fraction of sp³-hybridized carbons (Fsp3) is 0.545. The van der Waals surface area contributed by atoms with E-state index in [-0.39, 0.29) is 11.5 Å². The van der Waals surface area contributed by atoms with Crippen LogP contribution in [0.3, 0.4) is 0 Å². The second-order valence-electron chi connectivity index (χ2n) is 4.28. The van der Waals surface area contributed by atoms with Crippen molar-refractivity contribution >= 4 is 17.3 Å². The van der Waals surface area contributed by atoms with Crippen LogP contribution in [0.2, 0.25) is 0 Å². The third kappa shape index (κ3) is 4.01. The first kappa shape index (κ1) is 12.2. The van der Waals surface area contributed by atoms with E-state index in [0.717, 1.165) is 12.8 Å². The molecule has 1 heterocycles. The van der Waals surface area contributed by atoms with Crippen LogP contribution in [0.5, 0.6) is 0 Å². The van der Waals surface area contributed by atoms with Crippen molar-refractivity contribution in [2.75, 3.05) is 7.11 Å². The Morgan fingerprint density at radius 3 is 2.80 bits per heavy atom. The van der Waals surface area contributed by atoms with Crippen molar-refractivity contribution in [1.82, 2.24) is 0 Å². The summed E-state index contributed by atoms with van der Waals surface area (Å²) in [5, 5.41) is 1.82. The highest BCUT2D eigenvalue weighted by Gasteiger charge is 2.13. The molecule has 1 aromatic rings. The molecule has 0 unspecified atom stereocenters. The van der Waals surface area contributed by atoms with Gasteiger partial charge >= 0.3 is 5.97 Å². The van der Waals surface area contributed by atoms with Gasteiger partial charge in [0.25, 0.3) is 0 Å². The minimum atomic E-state index is -0.274. The number of nitrogens with two attached hydrogens (primary N) is 1. The number of carbonyl (C=O) groups is 1. The average Bonchev–Trinajstić information content (AvgIpc) is 2.61. The van der Waals surface area contributed by atoms with E-state index in [9.17, 15) is 4.79 Å². The highest BCUT2D eigenvalue weighted by Crippen LogP contribution is 2.19. The Morgan fingerprint density at radius 1 is 1.60 bits per heavy atom. The van der Waals surface area contributed by atoms with Crippen molar-refractivity contribution in [3.05, 3.63) is 21.9 Å². The monoisotopic (exact) mass is 227 g/mol. The Morgan fingerprint density at radius 2 is 2.27 bits per heavy atom. The average molecular weight is 227 g/mol. The van der Waals surface area contributed by atoms with E-state index in [1.165, 1.54) is 12.0 Å². The topological polar surface area (TPSA) is 52.3 Å². The Labute approximate surface area is 94.2 Å². The van der Waals surface area contributed by atoms with E-state index in [1.807, 2.05) is 25.3 Å². The number of thiophene rings is 1. The third-order valence-electron chi connectivity index (χ3n) is 2.09. The molecule has 15 heavy (non-hydrogen) atoms. The molecular formula is C11H17NO2S. The van der Waals surface area contributed by atoms with Gasteiger partial charge in [-0.3, -0.25) is 0 Å². The second kappa shape index (κ2) is 4.77. The van der Waals surface area contributed by atoms with E-state index in [2.05, 4.69) is 4.74 Å². The standard InChI is InChI=1S/C11H17NO2S/c1-11(2,12)5-4-9-6-8(7-15-9)10(13)14-3/h6-7H,4-5,12H2,1-3H3. The van der Waals surface area contributed by atoms with Crippen molar-refractivity contribution in [1.29, 1.82) is 0 Å². The first-order chi connectivity index (χ1) is 6.92. The molecule has 0 amide bonds. The smallest absolute Gasteiger partial charge is 0.338 e. The summed E-state index contributed by atoms with van der Waals surface area (Å²) in [6.45, 7) is 4.00. The highest BCUT2D eigenvalue weighted by atomic mass is 32.1. The van der Waals surface area contributed by atoms with Crippen LogP contribution in [0.1, 0.15) is 35.5 Å². The number of esters is 1. The summed E-state index contributed by atoms with van der Waals surface area (Å²) in [6.07, 6.45) is 1.82. The van der Waals surface area contributed by atoms with Gasteiger partial charge < -0.3 is 10.5 Å². The van der Waals surface area contributed by atoms with Gasteiger partial charge in [-0.2, -0.15) is 0 Å². The second-order valence-corrected chi connectivity index (χ2v) is 5.28. The molecule has 0 fully saturated rings. The van der Waals surface area contributed by atoms with Gasteiger partial charge in [-0.1, -0.05) is 0 Å². The molecule has 0 radical (unpaired) electrons. The normalized spacial score (nSPS) is 11.5. The number of aryl methyl sites for hydroxylation is 1. The molecule has 0 atom stereocenters. The number of ether oxygens (including phenoxy) is 1. The number of rotatable bonds is 4. The number of methoxy groups -OCH3 is 1. The summed E-state index contributed by atoms with van der Waals surface area (Å²) in [4.78, 5) is 12.4. The molecule has 0 spiro atoms. The van der Waals surface area contributed by atoms with Crippen molar-refractivity contribution in [2.45, 2.75) is 32.2 Å². The van der Waals surface area contributed by atoms with Crippen LogP contribution in [0.4, 0.5) is 0 Å². The molecule has 2 N–H and O–H groups in total. The first-order valence-electron chi connectivity index (χ1n) is 4.87. The highest BCUT2D eigenvalue weighted by molar-refractivity contribution is 7.10. The fourth-order valence-electron chi connectivity index (χ4n) is 1.18. The van der Waals surface area contributed by atoms with Crippen LogP contribution in [-0.4, -0.2) is 18.6 Å². The van der Waals surface area contributed by atoms with E-state index < -0.39 is 0 Å². The lowest BCUT2D eigenvalue weighted by Crippen LogP contribution is -2.32. The largest absolute Gasteiger partial charge is 0.465 e. The summed E-state index contributed by atoms with van der Waals surface area (Å²) in [5.41, 5.74) is 6.36. The molecule has 0 aliphatic rings. The van der Waals surface area contributed by atoms with Crippen molar-refractivity contribution in [3.63, 3.8) is 0 Å². The van der Waals surface area contributed by atoms with Gasteiger partial charge in [0.2, 0.25) is 0 Å². The Hall–Kier alpha value is -0.870. The number of hydrogen-bond donors (Lipinski definition) is 1. The Kier molecular flexibility index (Phi) is 3.88. The predicted octanol–water partition coefficient (Wildman–Crippen LogP) is 2.20. The molecule has 3 nitrogen and oxygen atoms in total. The summed E-state index contributed by atoms with van der Waals surface area (Å²) in [7, 11) is 1.39. The van der Waals surface area contributed by atoms with Gasteiger partial charge in [0, 0.05) is 15.8 Å². The molecule has 0 aliphatic heterocycles. The maximum atomic E-state index is 11.2. The summed E-state index contributed by atoms with van der Waals surface area (Å²) in [5.74, 6) is -0.274. The summed E-state index contributed by atoms with van der Waals surface area (Å²) >= 11 is 1.58. The van der Waals surface area contributed by atoms with E-state index in [4.69, 9.17) is 5.73 Å². The molecule has 1 aromatic heterocycles. The van der Waals surface area contributed by atoms with Crippen LogP contribution in [0, 0.1) is 0 Å². The molecule has 1 rings (SSSR count). The van der Waals surface area contributed by atoms with Crippen molar-refractivity contribution in [2.24, 2.45) is 5.73 Å². The predicted molar refractivity (Wildman–Crippen MR) is 62.2 cm³/mol. The zero-order valence-corrected chi connectivity index (χ0v) is 10.2. The fourth-order valence-corrected chi connectivity index (χ4v) is 2.04. The van der Waals surface area contributed by atoms with E-state index >= 15 is 0 Å². The van der Waals surface area contributed by atoms with Gasteiger partial charge in [-0.05, 0) is 32.8 Å².